The number of aromatic nitrogens is 2. The van der Waals surface area contributed by atoms with E-state index in [0.717, 1.165) is 0 Å². The summed E-state index contributed by atoms with van der Waals surface area (Å²) in [5.74, 6) is 0.0728. The van der Waals surface area contributed by atoms with Gasteiger partial charge in [0, 0.05) is 19.9 Å². The molecule has 0 aromatic carbocycles. The van der Waals surface area contributed by atoms with Crippen molar-refractivity contribution in [3.05, 3.63) is 22.7 Å². The smallest absolute Gasteiger partial charge is 0.351 e. The Balaban J connectivity index is 1.75. The number of amides is 2. The highest BCUT2D eigenvalue weighted by molar-refractivity contribution is 5.73. The Kier molecular flexibility index (Phi) is 3.91. The van der Waals surface area contributed by atoms with Crippen LogP contribution in [0.4, 0.5) is 10.6 Å². The van der Waals surface area contributed by atoms with Crippen LogP contribution >= 0.6 is 0 Å². The fourth-order valence-electron chi connectivity index (χ4n) is 4.29. The molecule has 3 saturated heterocycles. The number of nitrogens with zero attached hydrogens (tertiary/aromatic N) is 3. The summed E-state index contributed by atoms with van der Waals surface area (Å²) in [7, 11) is 1.51. The Morgan fingerprint density at radius 3 is 2.96 bits per heavy atom. The second-order valence-electron chi connectivity index (χ2n) is 6.75. The molecule has 6 atom stereocenters. The van der Waals surface area contributed by atoms with E-state index in [2.05, 4.69) is 4.98 Å². The highest BCUT2D eigenvalue weighted by atomic mass is 16.6. The molecule has 2 bridgehead atoms. The molecule has 0 saturated carbocycles. The Morgan fingerprint density at radius 2 is 2.31 bits per heavy atom. The average Bonchev–Trinajstić information content (AvgIpc) is 2.89. The standard InChI is InChI=1S/C15H21N5O6/c1-24-7-6-25-15-3-5-19(13(17)22)9(7)11(15)26-12(10(15)21)20-4-2-8(16)18-14(20)23/h2,4,7,9-12,21H,3,5-6H2,1H3,(H2,17,22)(H2,16,18,23)/t7-,9+,10+,11-,12-,15+/m1/s1. The summed E-state index contributed by atoms with van der Waals surface area (Å²) >= 11 is 0. The first kappa shape index (κ1) is 17.2. The number of carbonyl (C=O) groups excluding carboxylic acids is 1. The second kappa shape index (κ2) is 5.91. The SMILES string of the molecule is CO[C@@H]1CO[C@]23CCN(C(N)=O)[C@@H]1[C@H]2O[C@@H](n1ccc(N)nc1=O)[C@@H]3O. The normalized spacial score (nSPS) is 38.8. The molecule has 3 aliphatic rings. The van der Waals surface area contributed by atoms with Crippen molar-refractivity contribution in [1.82, 2.24) is 14.5 Å². The number of rotatable bonds is 2. The molecule has 11 nitrogen and oxygen atoms in total. The van der Waals surface area contributed by atoms with Crippen molar-refractivity contribution in [2.45, 2.75) is 42.6 Å². The molecule has 0 unspecified atom stereocenters. The minimum Gasteiger partial charge on any atom is -0.385 e. The van der Waals surface area contributed by atoms with Crippen LogP contribution in [0.15, 0.2) is 17.1 Å². The Labute approximate surface area is 148 Å². The van der Waals surface area contributed by atoms with Crippen LogP contribution in [0, 0.1) is 0 Å². The van der Waals surface area contributed by atoms with Crippen molar-refractivity contribution in [1.29, 1.82) is 0 Å². The molecule has 3 fully saturated rings. The number of aliphatic hydroxyl groups is 1. The number of piperidine rings is 1. The van der Waals surface area contributed by atoms with E-state index >= 15 is 0 Å². The van der Waals surface area contributed by atoms with E-state index in [4.69, 9.17) is 25.7 Å². The van der Waals surface area contributed by atoms with Gasteiger partial charge in [-0.25, -0.2) is 9.59 Å². The Morgan fingerprint density at radius 1 is 1.54 bits per heavy atom. The van der Waals surface area contributed by atoms with Gasteiger partial charge >= 0.3 is 11.7 Å². The van der Waals surface area contributed by atoms with Crippen LogP contribution in [0.1, 0.15) is 12.6 Å². The molecule has 1 aromatic rings. The largest absolute Gasteiger partial charge is 0.385 e. The fourth-order valence-corrected chi connectivity index (χ4v) is 4.29. The number of likely N-dealkylation sites (tertiary alicyclic amines) is 1. The van der Waals surface area contributed by atoms with E-state index in [1.807, 2.05) is 0 Å². The van der Waals surface area contributed by atoms with E-state index in [1.54, 1.807) is 0 Å². The Bertz CT molecular complexity index is 786. The predicted molar refractivity (Wildman–Crippen MR) is 87.0 cm³/mol. The van der Waals surface area contributed by atoms with Crippen LogP contribution < -0.4 is 17.2 Å². The zero-order valence-electron chi connectivity index (χ0n) is 14.1. The van der Waals surface area contributed by atoms with E-state index in [9.17, 15) is 14.7 Å². The molecule has 4 rings (SSSR count). The van der Waals surface area contributed by atoms with Crippen LogP contribution in [-0.2, 0) is 14.2 Å². The number of anilines is 1. The number of methoxy groups -OCH3 is 1. The topological polar surface area (TPSA) is 155 Å². The fraction of sp³-hybridized carbons (Fsp3) is 0.667. The maximum absolute atomic E-state index is 12.2. The van der Waals surface area contributed by atoms with Crippen LogP contribution in [0.25, 0.3) is 0 Å². The molecule has 1 aromatic heterocycles. The van der Waals surface area contributed by atoms with Crippen LogP contribution in [0.2, 0.25) is 0 Å². The molecular formula is C15H21N5O6. The third-order valence-corrected chi connectivity index (χ3v) is 5.56. The number of primary amides is 1. The highest BCUT2D eigenvalue weighted by Crippen LogP contribution is 2.49. The first-order chi connectivity index (χ1) is 12.4. The van der Waals surface area contributed by atoms with Crippen molar-refractivity contribution >= 4 is 11.8 Å². The minimum atomic E-state index is -1.13. The highest BCUT2D eigenvalue weighted by Gasteiger charge is 2.67. The summed E-state index contributed by atoms with van der Waals surface area (Å²) in [5, 5.41) is 11.0. The molecule has 5 N–H and O–H groups in total. The molecule has 11 heteroatoms. The predicted octanol–water partition coefficient (Wildman–Crippen LogP) is -1.98. The molecule has 142 valence electrons. The molecule has 0 aliphatic carbocycles. The molecule has 3 aliphatic heterocycles. The van der Waals surface area contributed by atoms with Gasteiger partial charge in [0.2, 0.25) is 0 Å². The molecule has 26 heavy (non-hydrogen) atoms. The van der Waals surface area contributed by atoms with Gasteiger partial charge in [0.15, 0.2) is 6.23 Å². The summed E-state index contributed by atoms with van der Waals surface area (Å²) in [5.41, 5.74) is 9.33. The van der Waals surface area contributed by atoms with Gasteiger partial charge < -0.3 is 35.7 Å². The lowest BCUT2D eigenvalue weighted by molar-refractivity contribution is -0.238. The van der Waals surface area contributed by atoms with Crippen molar-refractivity contribution in [2.24, 2.45) is 5.73 Å². The van der Waals surface area contributed by atoms with Gasteiger partial charge in [-0.05, 0) is 12.5 Å². The summed E-state index contributed by atoms with van der Waals surface area (Å²) in [4.78, 5) is 29.2. The van der Waals surface area contributed by atoms with Gasteiger partial charge in [0.25, 0.3) is 0 Å². The Hall–Kier alpha value is -2.21. The third-order valence-electron chi connectivity index (χ3n) is 5.56. The van der Waals surface area contributed by atoms with Crippen molar-refractivity contribution < 1.29 is 24.1 Å². The summed E-state index contributed by atoms with van der Waals surface area (Å²) < 4.78 is 18.6. The van der Waals surface area contributed by atoms with E-state index in [0.29, 0.717) is 13.0 Å². The summed E-state index contributed by atoms with van der Waals surface area (Å²) in [6.07, 6.45) is -1.59. The van der Waals surface area contributed by atoms with Crippen molar-refractivity contribution in [3.63, 3.8) is 0 Å². The molecule has 0 radical (unpaired) electrons. The number of ether oxygens (including phenoxy) is 3. The number of nitrogens with two attached hydrogens (primary N) is 2. The van der Waals surface area contributed by atoms with Gasteiger partial charge in [-0.1, -0.05) is 0 Å². The summed E-state index contributed by atoms with van der Waals surface area (Å²) in [6.45, 7) is 0.460. The molecular weight excluding hydrogens is 346 g/mol. The van der Waals surface area contributed by atoms with Crippen LogP contribution in [-0.4, -0.2) is 75.8 Å². The van der Waals surface area contributed by atoms with Gasteiger partial charge in [0.05, 0.1) is 12.6 Å². The first-order valence-electron chi connectivity index (χ1n) is 8.30. The third kappa shape index (κ3) is 2.24. The van der Waals surface area contributed by atoms with E-state index in [1.165, 1.54) is 28.8 Å². The second-order valence-corrected chi connectivity index (χ2v) is 6.75. The number of nitrogen functional groups attached to an aromatic ring is 1. The average molecular weight is 367 g/mol. The van der Waals surface area contributed by atoms with Gasteiger partial charge in [-0.3, -0.25) is 4.57 Å². The molecule has 2 amide bonds. The number of urea groups is 1. The zero-order valence-corrected chi connectivity index (χ0v) is 14.1. The van der Waals surface area contributed by atoms with Crippen LogP contribution in [0.5, 0.6) is 0 Å². The maximum Gasteiger partial charge on any atom is 0.351 e. The molecule has 4 heterocycles. The number of aliphatic hydroxyl groups excluding tert-OH is 1. The maximum atomic E-state index is 12.2. The lowest BCUT2D eigenvalue weighted by Crippen LogP contribution is -2.72. The number of hydrogen-bond donors (Lipinski definition) is 3. The lowest BCUT2D eigenvalue weighted by Gasteiger charge is -2.54. The van der Waals surface area contributed by atoms with Gasteiger partial charge in [0.1, 0.15) is 29.7 Å². The molecule has 0 spiro atoms. The first-order valence-corrected chi connectivity index (χ1v) is 8.30. The van der Waals surface area contributed by atoms with Crippen molar-refractivity contribution in [3.8, 4) is 0 Å². The van der Waals surface area contributed by atoms with Gasteiger partial charge in [-0.2, -0.15) is 4.98 Å². The number of hydrogen-bond acceptors (Lipinski definition) is 8. The van der Waals surface area contributed by atoms with Crippen molar-refractivity contribution in [2.75, 3.05) is 26.0 Å². The number of carbonyl (C=O) groups is 1. The monoisotopic (exact) mass is 367 g/mol. The summed E-state index contributed by atoms with van der Waals surface area (Å²) in [6, 6.07) is 0.315. The van der Waals surface area contributed by atoms with E-state index < -0.39 is 47.9 Å². The van der Waals surface area contributed by atoms with Crippen LogP contribution in [0.3, 0.4) is 0 Å². The van der Waals surface area contributed by atoms with Gasteiger partial charge in [-0.15, -0.1) is 0 Å². The van der Waals surface area contributed by atoms with E-state index in [-0.39, 0.29) is 12.4 Å². The zero-order chi connectivity index (χ0) is 18.6. The lowest BCUT2D eigenvalue weighted by atomic mass is 9.77. The minimum absolute atomic E-state index is 0.0728. The quantitative estimate of drug-likeness (QED) is 0.543.